The zero-order valence-electron chi connectivity index (χ0n) is 32.1. The van der Waals surface area contributed by atoms with Gasteiger partial charge in [0, 0.05) is 94.1 Å². The quantitative estimate of drug-likeness (QED) is 0.160. The van der Waals surface area contributed by atoms with E-state index in [0.717, 1.165) is 113 Å². The van der Waals surface area contributed by atoms with E-state index in [1.807, 2.05) is 35.4 Å². The van der Waals surface area contributed by atoms with Crippen molar-refractivity contribution in [1.82, 2.24) is 28.9 Å². The highest BCUT2D eigenvalue weighted by Crippen LogP contribution is 2.41. The van der Waals surface area contributed by atoms with E-state index >= 15 is 0 Å². The van der Waals surface area contributed by atoms with Crippen molar-refractivity contribution in [2.24, 2.45) is 25.9 Å². The highest BCUT2D eigenvalue weighted by atomic mass is 35.5. The largest absolute Gasteiger partial charge is 0.393 e. The summed E-state index contributed by atoms with van der Waals surface area (Å²) in [5.74, 6) is 0.723. The molecule has 0 saturated heterocycles. The summed E-state index contributed by atoms with van der Waals surface area (Å²) in [4.78, 5) is 53.0. The third-order valence-electron chi connectivity index (χ3n) is 12.6. The molecule has 296 valence electrons. The van der Waals surface area contributed by atoms with Crippen LogP contribution in [0, 0.1) is 11.8 Å². The van der Waals surface area contributed by atoms with Crippen LogP contribution in [-0.2, 0) is 44.8 Å². The average Bonchev–Trinajstić information content (AvgIpc) is 3.72. The second kappa shape index (κ2) is 16.4. The number of carbonyl (C=O) groups excluding carboxylic acids is 3. The lowest BCUT2D eigenvalue weighted by molar-refractivity contribution is -0.112. The van der Waals surface area contributed by atoms with E-state index in [4.69, 9.17) is 33.2 Å². The molecular formula is C42H50Cl2N8O4. The number of hydrogen-bond acceptors (Lipinski definition) is 8. The normalized spacial score (nSPS) is 22.9. The van der Waals surface area contributed by atoms with Gasteiger partial charge < -0.3 is 29.7 Å². The van der Waals surface area contributed by atoms with Gasteiger partial charge in [0.05, 0.1) is 38.9 Å². The van der Waals surface area contributed by atoms with Crippen LogP contribution < -0.4 is 10.6 Å². The molecule has 2 aliphatic heterocycles. The molecule has 2 saturated carbocycles. The Balaban J connectivity index is 0.939. The first-order valence-electron chi connectivity index (χ1n) is 20.0. The summed E-state index contributed by atoms with van der Waals surface area (Å²) in [6, 6.07) is 11.2. The Bertz CT molecular complexity index is 2130. The molecule has 0 radical (unpaired) electrons. The number of benzene rings is 2. The summed E-state index contributed by atoms with van der Waals surface area (Å²) < 4.78 is 3.76. The standard InChI is InChI=1S/C42H50Cl2N8O4/c1-49-35-17-19-51(21-25-9-11-26(24-53)12-10-25)22-33(35)45-39(49)41(55)47-31-7-3-5-29(37(31)43)30-6-4-8-32(38(30)44)48-42(56)40-46-34-23-52(20-18-36(34)50(40)2)27-13-15-28(54)16-14-27/h3-8,24-28,54H,9-23H2,1-2H3,(H,47,55)(H,48,56). The fraction of sp³-hybridized carbons (Fsp3) is 0.500. The highest BCUT2D eigenvalue weighted by Gasteiger charge is 2.32. The number of aliphatic hydroxyl groups excluding tert-OH is 1. The molecule has 2 aliphatic carbocycles. The first-order valence-corrected chi connectivity index (χ1v) is 20.7. The van der Waals surface area contributed by atoms with Gasteiger partial charge in [-0.1, -0.05) is 47.5 Å². The van der Waals surface area contributed by atoms with E-state index in [-0.39, 0.29) is 23.8 Å². The van der Waals surface area contributed by atoms with Gasteiger partial charge in [0.2, 0.25) is 0 Å². The van der Waals surface area contributed by atoms with Crippen LogP contribution in [0.2, 0.25) is 10.0 Å². The number of carbonyl (C=O) groups is 3. The second-order valence-electron chi connectivity index (χ2n) is 16.1. The van der Waals surface area contributed by atoms with E-state index in [2.05, 4.69) is 20.4 Å². The number of aromatic nitrogens is 4. The first-order chi connectivity index (χ1) is 27.1. The topological polar surface area (TPSA) is 138 Å². The molecule has 0 bridgehead atoms. The molecule has 2 amide bonds. The number of hydrogen-bond donors (Lipinski definition) is 3. The van der Waals surface area contributed by atoms with Crippen molar-refractivity contribution in [3.63, 3.8) is 0 Å². The Morgan fingerprint density at radius 1 is 0.768 bits per heavy atom. The molecule has 2 aromatic heterocycles. The minimum atomic E-state index is -0.358. The third-order valence-corrected chi connectivity index (χ3v) is 13.4. The number of imidazole rings is 2. The van der Waals surface area contributed by atoms with E-state index in [9.17, 15) is 19.5 Å². The van der Waals surface area contributed by atoms with Crippen molar-refractivity contribution in [2.75, 3.05) is 30.3 Å². The lowest BCUT2D eigenvalue weighted by atomic mass is 9.82. The number of fused-ring (bicyclic) bond motifs is 2. The van der Waals surface area contributed by atoms with Crippen molar-refractivity contribution >= 4 is 52.7 Å². The van der Waals surface area contributed by atoms with Crippen LogP contribution in [0.1, 0.15) is 95.4 Å². The molecular weight excluding hydrogens is 751 g/mol. The third kappa shape index (κ3) is 7.78. The summed E-state index contributed by atoms with van der Waals surface area (Å²) in [5.41, 5.74) is 6.01. The number of rotatable bonds is 9. The van der Waals surface area contributed by atoms with Crippen molar-refractivity contribution in [2.45, 2.75) is 89.4 Å². The number of amides is 2. The minimum absolute atomic E-state index is 0.198. The fourth-order valence-electron chi connectivity index (χ4n) is 9.33. The Morgan fingerprint density at radius 3 is 1.86 bits per heavy atom. The lowest BCUT2D eigenvalue weighted by Gasteiger charge is -2.37. The maximum Gasteiger partial charge on any atom is 0.291 e. The summed E-state index contributed by atoms with van der Waals surface area (Å²) in [5, 5.41) is 16.6. The van der Waals surface area contributed by atoms with Gasteiger partial charge in [0.25, 0.3) is 11.8 Å². The van der Waals surface area contributed by atoms with Crippen LogP contribution in [0.25, 0.3) is 11.1 Å². The van der Waals surface area contributed by atoms with Crippen LogP contribution in [0.3, 0.4) is 0 Å². The molecule has 2 fully saturated rings. The van der Waals surface area contributed by atoms with Crippen molar-refractivity contribution < 1.29 is 19.5 Å². The van der Waals surface area contributed by atoms with Crippen LogP contribution in [0.4, 0.5) is 11.4 Å². The number of nitrogens with one attached hydrogen (secondary N) is 2. The first kappa shape index (κ1) is 38.8. The molecule has 14 heteroatoms. The second-order valence-corrected chi connectivity index (χ2v) is 16.9. The summed E-state index contributed by atoms with van der Waals surface area (Å²) in [6.07, 6.45) is 10.2. The Morgan fingerprint density at radius 2 is 1.30 bits per heavy atom. The van der Waals surface area contributed by atoms with E-state index in [1.54, 1.807) is 24.3 Å². The molecule has 0 unspecified atom stereocenters. The molecule has 2 aromatic carbocycles. The van der Waals surface area contributed by atoms with Crippen LogP contribution in [0.5, 0.6) is 0 Å². The van der Waals surface area contributed by atoms with Crippen molar-refractivity contribution in [3.8, 4) is 11.1 Å². The van der Waals surface area contributed by atoms with Crippen LogP contribution in [0.15, 0.2) is 36.4 Å². The predicted octanol–water partition coefficient (Wildman–Crippen LogP) is 6.66. The molecule has 12 nitrogen and oxygen atoms in total. The van der Waals surface area contributed by atoms with Gasteiger partial charge in [-0.05, 0) is 69.4 Å². The van der Waals surface area contributed by atoms with E-state index < -0.39 is 0 Å². The smallest absolute Gasteiger partial charge is 0.291 e. The van der Waals surface area contributed by atoms with Crippen LogP contribution >= 0.6 is 23.2 Å². The SMILES string of the molecule is Cn1c(C(=O)Nc2cccc(-c3cccc(NC(=O)c4nc5c(n4C)CCN(C4CCC(O)CC4)C5)c3Cl)c2Cl)nc2c1CCN(CC1CCC(C=O)CC1)C2. The number of aldehydes is 1. The number of aliphatic hydroxyl groups is 1. The molecule has 4 aliphatic rings. The zero-order valence-corrected chi connectivity index (χ0v) is 33.6. The van der Waals surface area contributed by atoms with Gasteiger partial charge in [-0.3, -0.25) is 19.4 Å². The zero-order chi connectivity index (χ0) is 39.1. The molecule has 0 spiro atoms. The molecule has 4 aromatic rings. The van der Waals surface area contributed by atoms with Gasteiger partial charge in [-0.15, -0.1) is 0 Å². The molecule has 8 rings (SSSR count). The maximum absolute atomic E-state index is 13.7. The Labute approximate surface area is 337 Å². The van der Waals surface area contributed by atoms with E-state index in [0.29, 0.717) is 69.2 Å². The van der Waals surface area contributed by atoms with E-state index in [1.165, 1.54) is 0 Å². The van der Waals surface area contributed by atoms with Gasteiger partial charge in [-0.2, -0.15) is 0 Å². The number of halogens is 2. The van der Waals surface area contributed by atoms with Gasteiger partial charge >= 0.3 is 0 Å². The summed E-state index contributed by atoms with van der Waals surface area (Å²) in [6.45, 7) is 4.17. The molecule has 3 N–H and O–H groups in total. The average molecular weight is 802 g/mol. The predicted molar refractivity (Wildman–Crippen MR) is 217 cm³/mol. The van der Waals surface area contributed by atoms with Crippen molar-refractivity contribution in [1.29, 1.82) is 0 Å². The Kier molecular flexibility index (Phi) is 11.4. The molecule has 0 atom stereocenters. The highest BCUT2D eigenvalue weighted by molar-refractivity contribution is 6.40. The summed E-state index contributed by atoms with van der Waals surface area (Å²) in [7, 11) is 3.76. The van der Waals surface area contributed by atoms with Gasteiger partial charge in [-0.25, -0.2) is 9.97 Å². The summed E-state index contributed by atoms with van der Waals surface area (Å²) >= 11 is 14.0. The van der Waals surface area contributed by atoms with Crippen molar-refractivity contribution in [3.05, 3.63) is 80.9 Å². The minimum Gasteiger partial charge on any atom is -0.393 e. The Hall–Kier alpha value is -4.07. The number of anilines is 2. The molecule has 56 heavy (non-hydrogen) atoms. The van der Waals surface area contributed by atoms with Gasteiger partial charge in [0.1, 0.15) is 6.29 Å². The number of nitrogens with zero attached hydrogens (tertiary/aromatic N) is 6. The maximum atomic E-state index is 13.7. The lowest BCUT2D eigenvalue weighted by Crippen LogP contribution is -2.42. The molecule has 4 heterocycles. The monoisotopic (exact) mass is 800 g/mol. The van der Waals surface area contributed by atoms with Gasteiger partial charge in [0.15, 0.2) is 11.6 Å². The van der Waals surface area contributed by atoms with Crippen LogP contribution in [-0.4, -0.2) is 83.9 Å². The fourth-order valence-corrected chi connectivity index (χ4v) is 9.88.